The number of rotatable bonds is 5. The molecule has 0 aliphatic carbocycles. The molecular formula is C17H17BrN2O3. The lowest BCUT2D eigenvalue weighted by Crippen LogP contribution is -2.35. The molecule has 0 bridgehead atoms. The molecule has 0 spiro atoms. The summed E-state index contributed by atoms with van der Waals surface area (Å²) in [5.41, 5.74) is 1.14. The summed E-state index contributed by atoms with van der Waals surface area (Å²) in [5.74, 6) is 0.0868. The van der Waals surface area contributed by atoms with Crippen LogP contribution in [0.25, 0.3) is 0 Å². The largest absolute Gasteiger partial charge is 0.497 e. The Morgan fingerprint density at radius 1 is 1.17 bits per heavy atom. The Morgan fingerprint density at radius 2 is 1.91 bits per heavy atom. The van der Waals surface area contributed by atoms with Crippen LogP contribution in [0, 0.1) is 0 Å². The highest BCUT2D eigenvalue weighted by molar-refractivity contribution is 9.10. The maximum atomic E-state index is 12.3. The van der Waals surface area contributed by atoms with E-state index in [1.165, 1.54) is 4.90 Å². The molecule has 0 fully saturated rings. The molecule has 6 heteroatoms. The van der Waals surface area contributed by atoms with E-state index in [1.54, 1.807) is 44.5 Å². The second-order valence-corrected chi connectivity index (χ2v) is 5.78. The van der Waals surface area contributed by atoms with Crippen molar-refractivity contribution in [1.29, 1.82) is 0 Å². The van der Waals surface area contributed by atoms with Crippen LogP contribution < -0.4 is 10.1 Å². The highest BCUT2D eigenvalue weighted by Crippen LogP contribution is 2.21. The Morgan fingerprint density at radius 3 is 2.61 bits per heavy atom. The molecular weight excluding hydrogens is 360 g/mol. The van der Waals surface area contributed by atoms with Gasteiger partial charge in [-0.2, -0.15) is 0 Å². The molecule has 5 nitrogen and oxygen atoms in total. The van der Waals surface area contributed by atoms with Gasteiger partial charge in [-0.3, -0.25) is 9.59 Å². The molecule has 120 valence electrons. The first-order chi connectivity index (χ1) is 11.0. The number of likely N-dealkylation sites (N-methyl/N-ethyl adjacent to an activating group) is 1. The molecule has 0 unspecified atom stereocenters. The molecule has 0 saturated carbocycles. The van der Waals surface area contributed by atoms with E-state index in [0.29, 0.717) is 17.0 Å². The minimum absolute atomic E-state index is 0.0443. The maximum absolute atomic E-state index is 12.3. The molecule has 0 radical (unpaired) electrons. The van der Waals surface area contributed by atoms with Crippen LogP contribution in [0.3, 0.4) is 0 Å². The van der Waals surface area contributed by atoms with Crippen molar-refractivity contribution in [1.82, 2.24) is 4.90 Å². The number of hydrogen-bond acceptors (Lipinski definition) is 3. The molecule has 0 aliphatic heterocycles. The number of benzene rings is 2. The molecule has 0 atom stereocenters. The van der Waals surface area contributed by atoms with Gasteiger partial charge < -0.3 is 15.0 Å². The van der Waals surface area contributed by atoms with Crippen molar-refractivity contribution in [3.63, 3.8) is 0 Å². The number of halogens is 1. The first-order valence-corrected chi connectivity index (χ1v) is 7.74. The SMILES string of the molecule is COc1cccc(C(=O)N(C)CC(=O)Nc2ccccc2Br)c1. The summed E-state index contributed by atoms with van der Waals surface area (Å²) in [6.45, 7) is -0.0443. The molecule has 0 saturated heterocycles. The molecule has 2 amide bonds. The van der Waals surface area contributed by atoms with E-state index < -0.39 is 0 Å². The van der Waals surface area contributed by atoms with Gasteiger partial charge in [-0.25, -0.2) is 0 Å². The Bertz CT molecular complexity index is 718. The minimum atomic E-state index is -0.268. The third kappa shape index (κ3) is 4.56. The maximum Gasteiger partial charge on any atom is 0.254 e. The van der Waals surface area contributed by atoms with Crippen LogP contribution in [-0.2, 0) is 4.79 Å². The predicted molar refractivity (Wildman–Crippen MR) is 92.7 cm³/mol. The van der Waals surface area contributed by atoms with Gasteiger partial charge in [0.1, 0.15) is 5.75 Å². The number of amides is 2. The first kappa shape index (κ1) is 17.0. The van der Waals surface area contributed by atoms with Crippen LogP contribution in [0.15, 0.2) is 53.0 Å². The Kier molecular flexibility index (Phi) is 5.76. The van der Waals surface area contributed by atoms with Gasteiger partial charge in [-0.05, 0) is 46.3 Å². The summed E-state index contributed by atoms with van der Waals surface area (Å²) >= 11 is 3.36. The summed E-state index contributed by atoms with van der Waals surface area (Å²) in [6, 6.07) is 14.1. The Balaban J connectivity index is 2.00. The van der Waals surface area contributed by atoms with Crippen LogP contribution in [0.5, 0.6) is 5.75 Å². The van der Waals surface area contributed by atoms with E-state index >= 15 is 0 Å². The number of hydrogen-bond donors (Lipinski definition) is 1. The molecule has 1 N–H and O–H groups in total. The quantitative estimate of drug-likeness (QED) is 0.871. The number of anilines is 1. The van der Waals surface area contributed by atoms with Gasteiger partial charge in [-0.1, -0.05) is 18.2 Å². The predicted octanol–water partition coefficient (Wildman–Crippen LogP) is 3.17. The van der Waals surface area contributed by atoms with E-state index in [2.05, 4.69) is 21.2 Å². The normalized spacial score (nSPS) is 10.0. The highest BCUT2D eigenvalue weighted by Gasteiger charge is 2.16. The molecule has 2 aromatic carbocycles. The summed E-state index contributed by atoms with van der Waals surface area (Å²) in [7, 11) is 3.12. The molecule has 23 heavy (non-hydrogen) atoms. The van der Waals surface area contributed by atoms with Crippen molar-refractivity contribution in [2.75, 3.05) is 26.0 Å². The Labute approximate surface area is 143 Å². The van der Waals surface area contributed by atoms with Crippen molar-refractivity contribution in [3.8, 4) is 5.75 Å². The van der Waals surface area contributed by atoms with E-state index in [-0.39, 0.29) is 18.4 Å². The van der Waals surface area contributed by atoms with Crippen LogP contribution in [0.1, 0.15) is 10.4 Å². The summed E-state index contributed by atoms with van der Waals surface area (Å²) < 4.78 is 5.89. The zero-order valence-corrected chi connectivity index (χ0v) is 14.5. The molecule has 2 rings (SSSR count). The lowest BCUT2D eigenvalue weighted by Gasteiger charge is -2.17. The summed E-state index contributed by atoms with van der Waals surface area (Å²) in [5, 5.41) is 2.77. The fraction of sp³-hybridized carbons (Fsp3) is 0.176. The van der Waals surface area contributed by atoms with Gasteiger partial charge in [0.05, 0.1) is 19.3 Å². The number of nitrogens with one attached hydrogen (secondary N) is 1. The monoisotopic (exact) mass is 376 g/mol. The smallest absolute Gasteiger partial charge is 0.254 e. The van der Waals surface area contributed by atoms with Gasteiger partial charge in [0.25, 0.3) is 5.91 Å². The zero-order chi connectivity index (χ0) is 16.8. The van der Waals surface area contributed by atoms with Gasteiger partial charge in [0.15, 0.2) is 0 Å². The number of methoxy groups -OCH3 is 1. The van der Waals surface area contributed by atoms with Crippen molar-refractivity contribution in [2.45, 2.75) is 0 Å². The third-order valence-corrected chi connectivity index (χ3v) is 3.88. The first-order valence-electron chi connectivity index (χ1n) is 6.95. The number of para-hydroxylation sites is 1. The number of carbonyl (C=O) groups excluding carboxylic acids is 2. The molecule has 0 aromatic heterocycles. The third-order valence-electron chi connectivity index (χ3n) is 3.19. The molecule has 0 aliphatic rings. The van der Waals surface area contributed by atoms with Crippen LogP contribution >= 0.6 is 15.9 Å². The van der Waals surface area contributed by atoms with Crippen molar-refractivity contribution in [2.24, 2.45) is 0 Å². The minimum Gasteiger partial charge on any atom is -0.497 e. The van der Waals surface area contributed by atoms with E-state index in [4.69, 9.17) is 4.74 Å². The number of carbonyl (C=O) groups is 2. The number of nitrogens with zero attached hydrogens (tertiary/aromatic N) is 1. The van der Waals surface area contributed by atoms with E-state index in [1.807, 2.05) is 18.2 Å². The van der Waals surface area contributed by atoms with Crippen molar-refractivity contribution in [3.05, 3.63) is 58.6 Å². The second kappa shape index (κ2) is 7.78. The Hall–Kier alpha value is -2.34. The van der Waals surface area contributed by atoms with Crippen LogP contribution in [-0.4, -0.2) is 37.4 Å². The van der Waals surface area contributed by atoms with Crippen LogP contribution in [0.4, 0.5) is 5.69 Å². The van der Waals surface area contributed by atoms with Gasteiger partial charge in [0, 0.05) is 17.1 Å². The summed E-state index contributed by atoms with van der Waals surface area (Å²) in [4.78, 5) is 25.8. The number of ether oxygens (including phenoxy) is 1. The topological polar surface area (TPSA) is 58.6 Å². The zero-order valence-electron chi connectivity index (χ0n) is 12.9. The van der Waals surface area contributed by atoms with Gasteiger partial charge >= 0.3 is 0 Å². The highest BCUT2D eigenvalue weighted by atomic mass is 79.9. The van der Waals surface area contributed by atoms with E-state index in [0.717, 1.165) is 4.47 Å². The lowest BCUT2D eigenvalue weighted by molar-refractivity contribution is -0.116. The van der Waals surface area contributed by atoms with Gasteiger partial charge in [-0.15, -0.1) is 0 Å². The average Bonchev–Trinajstić information content (AvgIpc) is 2.56. The molecule has 2 aromatic rings. The fourth-order valence-electron chi connectivity index (χ4n) is 2.02. The second-order valence-electron chi connectivity index (χ2n) is 4.92. The van der Waals surface area contributed by atoms with E-state index in [9.17, 15) is 9.59 Å². The van der Waals surface area contributed by atoms with Crippen LogP contribution in [0.2, 0.25) is 0 Å². The molecule has 0 heterocycles. The summed E-state index contributed by atoms with van der Waals surface area (Å²) in [6.07, 6.45) is 0. The standard InChI is InChI=1S/C17H17BrN2O3/c1-20(17(22)12-6-5-7-13(10-12)23-2)11-16(21)19-15-9-4-3-8-14(15)18/h3-10H,11H2,1-2H3,(H,19,21). The van der Waals surface area contributed by atoms with Crippen molar-refractivity contribution < 1.29 is 14.3 Å². The lowest BCUT2D eigenvalue weighted by atomic mass is 10.2. The van der Waals surface area contributed by atoms with Gasteiger partial charge in [0.2, 0.25) is 5.91 Å². The fourth-order valence-corrected chi connectivity index (χ4v) is 2.40. The average molecular weight is 377 g/mol. The van der Waals surface area contributed by atoms with Crippen molar-refractivity contribution >= 4 is 33.4 Å².